The summed E-state index contributed by atoms with van der Waals surface area (Å²) >= 11 is 1.69. The minimum atomic E-state index is -0.105. The van der Waals surface area contributed by atoms with E-state index in [9.17, 15) is 4.79 Å². The number of aromatic nitrogens is 1. The van der Waals surface area contributed by atoms with Crippen LogP contribution in [0.25, 0.3) is 0 Å². The average molecular weight is 330 g/mol. The first-order valence-corrected chi connectivity index (χ1v) is 8.94. The highest BCUT2D eigenvalue weighted by molar-refractivity contribution is 7.09. The van der Waals surface area contributed by atoms with Gasteiger partial charge in [0.05, 0.1) is 16.6 Å². The summed E-state index contributed by atoms with van der Waals surface area (Å²) in [6.07, 6.45) is 1.52. The molecule has 3 rings (SSSR count). The summed E-state index contributed by atoms with van der Waals surface area (Å²) < 4.78 is 5.68. The van der Waals surface area contributed by atoms with Crippen molar-refractivity contribution in [1.82, 2.24) is 10.3 Å². The Balaban J connectivity index is 1.48. The number of carbonyl (C=O) groups is 1. The van der Waals surface area contributed by atoms with E-state index in [4.69, 9.17) is 4.74 Å². The van der Waals surface area contributed by atoms with Crippen molar-refractivity contribution in [2.24, 2.45) is 5.92 Å². The van der Waals surface area contributed by atoms with Crippen molar-refractivity contribution in [3.05, 3.63) is 45.9 Å². The molecule has 0 aliphatic carbocycles. The summed E-state index contributed by atoms with van der Waals surface area (Å²) in [4.78, 5) is 16.9. The molecule has 1 aromatic heterocycles. The van der Waals surface area contributed by atoms with E-state index in [2.05, 4.69) is 29.5 Å². The van der Waals surface area contributed by atoms with Crippen molar-refractivity contribution in [3.63, 3.8) is 0 Å². The van der Waals surface area contributed by atoms with Crippen LogP contribution in [0.4, 0.5) is 0 Å². The number of thiazole rings is 1. The minimum Gasteiger partial charge on any atom is -0.492 e. The molecule has 0 saturated heterocycles. The number of hydrogen-bond acceptors (Lipinski definition) is 4. The molecule has 0 fully saturated rings. The predicted molar refractivity (Wildman–Crippen MR) is 92.0 cm³/mol. The average Bonchev–Trinajstić information content (AvgIpc) is 3.03. The molecule has 1 unspecified atom stereocenters. The third-order valence-corrected chi connectivity index (χ3v) is 5.19. The Bertz CT molecular complexity index is 681. The molecule has 122 valence electrons. The van der Waals surface area contributed by atoms with Crippen LogP contribution in [0.1, 0.15) is 36.0 Å². The van der Waals surface area contributed by atoms with Gasteiger partial charge in [-0.3, -0.25) is 4.79 Å². The molecule has 0 bridgehead atoms. The predicted octanol–water partition coefficient (Wildman–Crippen LogP) is 3.18. The van der Waals surface area contributed by atoms with E-state index in [0.29, 0.717) is 19.1 Å². The number of carbonyl (C=O) groups excluding carboxylic acids is 1. The topological polar surface area (TPSA) is 51.2 Å². The van der Waals surface area contributed by atoms with Crippen molar-refractivity contribution in [1.29, 1.82) is 0 Å². The second-order valence-electron chi connectivity index (χ2n) is 6.19. The van der Waals surface area contributed by atoms with E-state index < -0.39 is 0 Å². The lowest BCUT2D eigenvalue weighted by atomic mass is 9.96. The van der Waals surface area contributed by atoms with Gasteiger partial charge in [0.1, 0.15) is 12.4 Å². The lowest BCUT2D eigenvalue weighted by Crippen LogP contribution is -2.38. The highest BCUT2D eigenvalue weighted by Gasteiger charge is 2.25. The van der Waals surface area contributed by atoms with Gasteiger partial charge in [0.25, 0.3) is 0 Å². The molecule has 0 saturated carbocycles. The number of nitrogens with zero attached hydrogens (tertiary/aromatic N) is 1. The van der Waals surface area contributed by atoms with E-state index in [1.807, 2.05) is 24.3 Å². The van der Waals surface area contributed by atoms with Gasteiger partial charge in [-0.2, -0.15) is 0 Å². The summed E-state index contributed by atoms with van der Waals surface area (Å²) in [6.45, 7) is 5.37. The molecule has 1 aromatic carbocycles. The normalized spacial score (nSPS) is 16.7. The van der Waals surface area contributed by atoms with E-state index in [1.165, 1.54) is 0 Å². The SMILES string of the molecule is CC(C)c1nc(CCNC(=O)C2COc3ccccc3C2)cs1. The largest absolute Gasteiger partial charge is 0.492 e. The van der Waals surface area contributed by atoms with Crippen LogP contribution in [0.5, 0.6) is 5.75 Å². The fourth-order valence-electron chi connectivity index (χ4n) is 2.66. The molecule has 2 aromatic rings. The maximum atomic E-state index is 12.3. The third kappa shape index (κ3) is 3.91. The minimum absolute atomic E-state index is 0.0683. The maximum absolute atomic E-state index is 12.3. The summed E-state index contributed by atoms with van der Waals surface area (Å²) in [7, 11) is 0. The zero-order chi connectivity index (χ0) is 16.2. The van der Waals surface area contributed by atoms with Crippen LogP contribution in [0.2, 0.25) is 0 Å². The molecule has 1 amide bonds. The van der Waals surface area contributed by atoms with E-state index in [0.717, 1.165) is 34.9 Å². The van der Waals surface area contributed by atoms with Gasteiger partial charge in [-0.05, 0) is 18.1 Å². The Morgan fingerprint density at radius 2 is 2.26 bits per heavy atom. The van der Waals surface area contributed by atoms with Crippen molar-refractivity contribution in [2.45, 2.75) is 32.6 Å². The monoisotopic (exact) mass is 330 g/mol. The third-order valence-electron chi connectivity index (χ3n) is 3.99. The molecule has 2 heterocycles. The van der Waals surface area contributed by atoms with Crippen LogP contribution in [0.15, 0.2) is 29.6 Å². The van der Waals surface area contributed by atoms with Gasteiger partial charge >= 0.3 is 0 Å². The number of fused-ring (bicyclic) bond motifs is 1. The number of nitrogens with one attached hydrogen (secondary N) is 1. The fraction of sp³-hybridized carbons (Fsp3) is 0.444. The number of hydrogen-bond donors (Lipinski definition) is 1. The van der Waals surface area contributed by atoms with Gasteiger partial charge in [-0.1, -0.05) is 32.0 Å². The molecule has 0 radical (unpaired) electrons. The van der Waals surface area contributed by atoms with Crippen LogP contribution in [-0.2, 0) is 17.6 Å². The van der Waals surface area contributed by atoms with Crippen LogP contribution in [-0.4, -0.2) is 24.0 Å². The lowest BCUT2D eigenvalue weighted by molar-refractivity contribution is -0.126. The second-order valence-corrected chi connectivity index (χ2v) is 7.08. The number of para-hydroxylation sites is 1. The van der Waals surface area contributed by atoms with Crippen molar-refractivity contribution in [3.8, 4) is 5.75 Å². The summed E-state index contributed by atoms with van der Waals surface area (Å²) in [5.41, 5.74) is 2.17. The Morgan fingerprint density at radius 1 is 1.43 bits per heavy atom. The highest BCUT2D eigenvalue weighted by atomic mass is 32.1. The molecule has 5 heteroatoms. The molecule has 1 aliphatic rings. The zero-order valence-corrected chi connectivity index (χ0v) is 14.4. The molecule has 1 aliphatic heterocycles. The zero-order valence-electron chi connectivity index (χ0n) is 13.5. The standard InChI is InChI=1S/C18H22N2O2S/c1-12(2)18-20-15(11-23-18)7-8-19-17(21)14-9-13-5-3-4-6-16(13)22-10-14/h3-6,11-12,14H,7-10H2,1-2H3,(H,19,21). The second kappa shape index (κ2) is 7.13. The van der Waals surface area contributed by atoms with Crippen molar-refractivity contribution < 1.29 is 9.53 Å². The van der Waals surface area contributed by atoms with Gasteiger partial charge in [0.2, 0.25) is 5.91 Å². The van der Waals surface area contributed by atoms with E-state index in [-0.39, 0.29) is 11.8 Å². The Kier molecular flexibility index (Phi) is 4.96. The maximum Gasteiger partial charge on any atom is 0.226 e. The highest BCUT2D eigenvalue weighted by Crippen LogP contribution is 2.26. The molecule has 4 nitrogen and oxygen atoms in total. The fourth-order valence-corrected chi connectivity index (χ4v) is 3.53. The van der Waals surface area contributed by atoms with E-state index >= 15 is 0 Å². The summed E-state index contributed by atoms with van der Waals surface area (Å²) in [5.74, 6) is 1.33. The molecule has 1 atom stereocenters. The number of amides is 1. The van der Waals surface area contributed by atoms with Crippen molar-refractivity contribution >= 4 is 17.2 Å². The summed E-state index contributed by atoms with van der Waals surface area (Å²) in [5, 5.41) is 6.26. The van der Waals surface area contributed by atoms with Gasteiger partial charge < -0.3 is 10.1 Å². The number of benzene rings is 1. The molecular formula is C18H22N2O2S. The van der Waals surface area contributed by atoms with Gasteiger partial charge in [0, 0.05) is 24.3 Å². The smallest absolute Gasteiger partial charge is 0.226 e. The molecular weight excluding hydrogens is 308 g/mol. The first-order valence-electron chi connectivity index (χ1n) is 8.06. The molecule has 1 N–H and O–H groups in total. The molecule has 23 heavy (non-hydrogen) atoms. The first-order chi connectivity index (χ1) is 11.1. The van der Waals surface area contributed by atoms with Crippen LogP contribution in [0, 0.1) is 5.92 Å². The van der Waals surface area contributed by atoms with Crippen LogP contribution < -0.4 is 10.1 Å². The quantitative estimate of drug-likeness (QED) is 0.916. The van der Waals surface area contributed by atoms with Gasteiger partial charge in [-0.25, -0.2) is 4.98 Å². The van der Waals surface area contributed by atoms with Gasteiger partial charge in [0.15, 0.2) is 0 Å². The van der Waals surface area contributed by atoms with E-state index in [1.54, 1.807) is 11.3 Å². The Morgan fingerprint density at radius 3 is 3.04 bits per heavy atom. The van der Waals surface area contributed by atoms with Gasteiger partial charge in [-0.15, -0.1) is 11.3 Å². The number of ether oxygens (including phenoxy) is 1. The lowest BCUT2D eigenvalue weighted by Gasteiger charge is -2.24. The molecule has 0 spiro atoms. The van der Waals surface area contributed by atoms with Crippen molar-refractivity contribution in [2.75, 3.05) is 13.2 Å². The Hall–Kier alpha value is -1.88. The van der Waals surface area contributed by atoms with Crippen LogP contribution in [0.3, 0.4) is 0 Å². The van der Waals surface area contributed by atoms with Crippen LogP contribution >= 0.6 is 11.3 Å². The first kappa shape index (κ1) is 16.0. The Labute approximate surface area is 140 Å². The summed E-state index contributed by atoms with van der Waals surface area (Å²) in [6, 6.07) is 7.92. The number of rotatable bonds is 5.